The largest absolute Gasteiger partial charge is 0.493 e. The molecule has 0 saturated heterocycles. The summed E-state index contributed by atoms with van der Waals surface area (Å²) in [6.07, 6.45) is 1.17. The van der Waals surface area contributed by atoms with Crippen molar-refractivity contribution >= 4 is 12.0 Å². The van der Waals surface area contributed by atoms with Crippen molar-refractivity contribution in [3.63, 3.8) is 0 Å². The highest BCUT2D eigenvalue weighted by atomic mass is 16.6. The van der Waals surface area contributed by atoms with Crippen LogP contribution >= 0.6 is 0 Å². The van der Waals surface area contributed by atoms with Crippen molar-refractivity contribution in [1.29, 1.82) is 0 Å². The van der Waals surface area contributed by atoms with Gasteiger partial charge in [-0.05, 0) is 42.7 Å². The summed E-state index contributed by atoms with van der Waals surface area (Å²) in [6, 6.07) is 12.8. The van der Waals surface area contributed by atoms with Crippen LogP contribution in [0.5, 0.6) is 11.5 Å². The molecule has 0 aliphatic carbocycles. The minimum Gasteiger partial charge on any atom is -0.493 e. The Labute approximate surface area is 157 Å². The first kappa shape index (κ1) is 20.0. The summed E-state index contributed by atoms with van der Waals surface area (Å²) in [5.41, 5.74) is 1.49. The van der Waals surface area contributed by atoms with Gasteiger partial charge in [-0.1, -0.05) is 30.3 Å². The molecule has 0 unspecified atom stereocenters. The summed E-state index contributed by atoms with van der Waals surface area (Å²) < 4.78 is 16.0. The van der Waals surface area contributed by atoms with Crippen LogP contribution in [0.1, 0.15) is 23.6 Å². The maximum Gasteiger partial charge on any atom is 0.409 e. The van der Waals surface area contributed by atoms with Gasteiger partial charge in [0.05, 0.1) is 18.6 Å². The van der Waals surface area contributed by atoms with Crippen molar-refractivity contribution in [3.8, 4) is 11.5 Å². The van der Waals surface area contributed by atoms with Crippen LogP contribution in [0.25, 0.3) is 6.08 Å². The van der Waals surface area contributed by atoms with Gasteiger partial charge in [0.25, 0.3) is 0 Å². The van der Waals surface area contributed by atoms with E-state index in [1.807, 2.05) is 30.3 Å². The molecule has 0 fully saturated rings. The number of nitro groups is 1. The molecule has 0 bridgehead atoms. The maximum atomic E-state index is 11.8. The summed E-state index contributed by atoms with van der Waals surface area (Å²) in [6.45, 7) is 3.74. The minimum absolute atomic E-state index is 0.0527. The van der Waals surface area contributed by atoms with E-state index in [9.17, 15) is 14.9 Å². The number of nitrogens with zero attached hydrogens (tertiary/aromatic N) is 1. The molecule has 0 atom stereocenters. The molecule has 0 spiro atoms. The van der Waals surface area contributed by atoms with E-state index in [2.05, 4.69) is 0 Å². The van der Waals surface area contributed by atoms with Crippen molar-refractivity contribution in [2.75, 3.05) is 13.7 Å². The molecule has 2 aromatic rings. The number of methoxy groups -OCH3 is 1. The van der Waals surface area contributed by atoms with Gasteiger partial charge in [-0.25, -0.2) is 4.79 Å². The number of ether oxygens (including phenoxy) is 3. The van der Waals surface area contributed by atoms with E-state index in [0.29, 0.717) is 23.7 Å². The fraction of sp³-hybridized carbons (Fsp3) is 0.250. The minimum atomic E-state index is -0.984. The highest BCUT2D eigenvalue weighted by molar-refractivity contribution is 5.91. The van der Waals surface area contributed by atoms with Crippen LogP contribution in [0.2, 0.25) is 0 Å². The predicted octanol–water partition coefficient (Wildman–Crippen LogP) is 3.76. The quantitative estimate of drug-likeness (QED) is 0.304. The van der Waals surface area contributed by atoms with Crippen LogP contribution in [0.4, 0.5) is 0 Å². The van der Waals surface area contributed by atoms with E-state index < -0.39 is 16.6 Å². The Morgan fingerprint density at radius 1 is 1.22 bits per heavy atom. The molecule has 2 rings (SSSR count). The van der Waals surface area contributed by atoms with Gasteiger partial charge >= 0.3 is 11.7 Å². The van der Waals surface area contributed by atoms with E-state index in [-0.39, 0.29) is 6.61 Å². The smallest absolute Gasteiger partial charge is 0.409 e. The van der Waals surface area contributed by atoms with Crippen molar-refractivity contribution < 1.29 is 23.9 Å². The molecular formula is C20H21NO6. The Hall–Kier alpha value is -3.35. The van der Waals surface area contributed by atoms with Crippen molar-refractivity contribution in [3.05, 3.63) is 75.0 Å². The number of hydrogen-bond acceptors (Lipinski definition) is 6. The lowest BCUT2D eigenvalue weighted by Gasteiger charge is -2.14. The summed E-state index contributed by atoms with van der Waals surface area (Å²) in [5.74, 6) is -0.0243. The number of benzene rings is 2. The molecule has 2 aromatic carbocycles. The molecule has 27 heavy (non-hydrogen) atoms. The number of aryl methyl sites for hydroxylation is 1. The molecule has 142 valence electrons. The molecule has 0 amide bonds. The van der Waals surface area contributed by atoms with E-state index in [1.165, 1.54) is 13.2 Å². The lowest BCUT2D eigenvalue weighted by Crippen LogP contribution is -2.14. The van der Waals surface area contributed by atoms with Gasteiger partial charge in [0.2, 0.25) is 0 Å². The first-order chi connectivity index (χ1) is 13.0. The van der Waals surface area contributed by atoms with Crippen LogP contribution < -0.4 is 9.47 Å². The molecule has 7 nitrogen and oxygen atoms in total. The Morgan fingerprint density at radius 3 is 2.52 bits per heavy atom. The molecule has 0 radical (unpaired) electrons. The van der Waals surface area contributed by atoms with Gasteiger partial charge in [0, 0.05) is 6.08 Å². The standard InChI is InChI=1S/C20H21NO6/c1-4-26-20(22)17(21(23)24)11-16-10-14(2)19(25-3)18(12-16)27-13-15-8-6-5-7-9-15/h5-12H,4,13H2,1-3H3/b17-11-. The zero-order valence-electron chi connectivity index (χ0n) is 15.4. The first-order valence-corrected chi connectivity index (χ1v) is 8.34. The summed E-state index contributed by atoms with van der Waals surface area (Å²) in [5, 5.41) is 11.2. The van der Waals surface area contributed by atoms with E-state index in [4.69, 9.17) is 14.2 Å². The fourth-order valence-electron chi connectivity index (χ4n) is 2.50. The fourth-order valence-corrected chi connectivity index (χ4v) is 2.50. The third-order valence-electron chi connectivity index (χ3n) is 3.69. The molecule has 0 N–H and O–H groups in total. The topological polar surface area (TPSA) is 87.9 Å². The average Bonchev–Trinajstić information content (AvgIpc) is 2.65. The zero-order chi connectivity index (χ0) is 19.8. The van der Waals surface area contributed by atoms with Gasteiger partial charge in [-0.3, -0.25) is 10.1 Å². The average molecular weight is 371 g/mol. The Bertz CT molecular complexity index is 845. The van der Waals surface area contributed by atoms with E-state index in [1.54, 1.807) is 26.0 Å². The molecule has 0 aliphatic heterocycles. The van der Waals surface area contributed by atoms with Crippen LogP contribution in [0.15, 0.2) is 48.2 Å². The monoisotopic (exact) mass is 371 g/mol. The highest BCUT2D eigenvalue weighted by Crippen LogP contribution is 2.33. The SMILES string of the molecule is CCOC(=O)/C(=C/c1cc(C)c(OC)c(OCc2ccccc2)c1)[N+](=O)[O-]. The second-order valence-electron chi connectivity index (χ2n) is 5.65. The van der Waals surface area contributed by atoms with E-state index >= 15 is 0 Å². The number of carbonyl (C=O) groups is 1. The predicted molar refractivity (Wildman–Crippen MR) is 100 cm³/mol. The number of hydrogen-bond donors (Lipinski definition) is 0. The van der Waals surface area contributed by atoms with E-state index in [0.717, 1.165) is 11.1 Å². The number of esters is 1. The Balaban J connectivity index is 2.37. The summed E-state index contributed by atoms with van der Waals surface area (Å²) in [4.78, 5) is 22.2. The molecule has 0 aromatic heterocycles. The van der Waals surface area contributed by atoms with Gasteiger partial charge in [-0.15, -0.1) is 0 Å². The lowest BCUT2D eigenvalue weighted by atomic mass is 10.1. The van der Waals surface area contributed by atoms with Gasteiger partial charge in [-0.2, -0.15) is 0 Å². The lowest BCUT2D eigenvalue weighted by molar-refractivity contribution is -0.419. The number of carbonyl (C=O) groups excluding carboxylic acids is 1. The summed E-state index contributed by atoms with van der Waals surface area (Å²) in [7, 11) is 1.52. The molecular weight excluding hydrogens is 350 g/mol. The molecule has 0 aliphatic rings. The van der Waals surface area contributed by atoms with Crippen LogP contribution in [0.3, 0.4) is 0 Å². The molecule has 0 heterocycles. The first-order valence-electron chi connectivity index (χ1n) is 8.34. The third kappa shape index (κ3) is 5.31. The number of rotatable bonds is 8. The second-order valence-corrected chi connectivity index (χ2v) is 5.65. The van der Waals surface area contributed by atoms with Crippen molar-refractivity contribution in [2.45, 2.75) is 20.5 Å². The van der Waals surface area contributed by atoms with Gasteiger partial charge in [0.15, 0.2) is 11.5 Å². The van der Waals surface area contributed by atoms with Crippen molar-refractivity contribution in [2.24, 2.45) is 0 Å². The Morgan fingerprint density at radius 2 is 1.93 bits per heavy atom. The third-order valence-corrected chi connectivity index (χ3v) is 3.69. The van der Waals surface area contributed by atoms with Crippen LogP contribution in [-0.4, -0.2) is 24.6 Å². The molecule has 7 heteroatoms. The van der Waals surface area contributed by atoms with Crippen LogP contribution in [-0.2, 0) is 16.1 Å². The molecule has 0 saturated carbocycles. The zero-order valence-corrected chi connectivity index (χ0v) is 15.4. The summed E-state index contributed by atoms with van der Waals surface area (Å²) >= 11 is 0. The van der Waals surface area contributed by atoms with Gasteiger partial charge < -0.3 is 14.2 Å². The van der Waals surface area contributed by atoms with Gasteiger partial charge in [0.1, 0.15) is 6.61 Å². The normalized spacial score (nSPS) is 11.0. The van der Waals surface area contributed by atoms with Crippen molar-refractivity contribution in [1.82, 2.24) is 0 Å². The Kier molecular flexibility index (Phi) is 6.93. The maximum absolute atomic E-state index is 11.8. The second kappa shape index (κ2) is 9.38. The van der Waals surface area contributed by atoms with Crippen LogP contribution in [0, 0.1) is 17.0 Å². The highest BCUT2D eigenvalue weighted by Gasteiger charge is 2.24.